The Labute approximate surface area is 134 Å². The maximum absolute atomic E-state index is 13.9. The molecule has 1 atom stereocenters. The Morgan fingerprint density at radius 2 is 2.10 bits per heavy atom. The van der Waals surface area contributed by atoms with Gasteiger partial charge in [-0.1, -0.05) is 28.9 Å². The second kappa shape index (κ2) is 6.37. The van der Waals surface area contributed by atoms with Crippen LogP contribution >= 0.6 is 31.9 Å². The van der Waals surface area contributed by atoms with E-state index in [0.717, 1.165) is 22.3 Å². The van der Waals surface area contributed by atoms with Crippen LogP contribution in [0, 0.1) is 5.82 Å². The first kappa shape index (κ1) is 15.7. The molecular weight excluding hydrogens is 389 g/mol. The van der Waals surface area contributed by atoms with E-state index in [1.54, 1.807) is 16.8 Å². The third-order valence-corrected chi connectivity index (χ3v) is 4.89. The number of aryl methyl sites for hydroxylation is 2. The van der Waals surface area contributed by atoms with E-state index in [1.165, 1.54) is 6.07 Å². The predicted octanol–water partition coefficient (Wildman–Crippen LogP) is 3.89. The minimum atomic E-state index is -0.429. The molecule has 20 heavy (non-hydrogen) atoms. The van der Waals surface area contributed by atoms with Gasteiger partial charge in [-0.25, -0.2) is 4.39 Å². The second-order valence-electron chi connectivity index (χ2n) is 4.63. The summed E-state index contributed by atoms with van der Waals surface area (Å²) in [5.74, 6) is -0.291. The highest BCUT2D eigenvalue weighted by Gasteiger charge is 2.20. The van der Waals surface area contributed by atoms with E-state index < -0.39 is 6.04 Å². The Morgan fingerprint density at radius 1 is 1.40 bits per heavy atom. The summed E-state index contributed by atoms with van der Waals surface area (Å²) in [6, 6.07) is 4.45. The highest BCUT2D eigenvalue weighted by atomic mass is 79.9. The number of nitrogens with zero attached hydrogens (tertiary/aromatic N) is 2. The SMILES string of the molecule is CCc1nn(C)c(CC(N)c2c(F)cccc2Br)c1Br. The number of nitrogens with two attached hydrogens (primary N) is 1. The molecule has 2 rings (SSSR count). The van der Waals surface area contributed by atoms with Gasteiger partial charge in [-0.3, -0.25) is 4.68 Å². The molecule has 6 heteroatoms. The van der Waals surface area contributed by atoms with Crippen LogP contribution in [0.5, 0.6) is 0 Å². The summed E-state index contributed by atoms with van der Waals surface area (Å²) in [7, 11) is 1.88. The predicted molar refractivity (Wildman–Crippen MR) is 85.0 cm³/mol. The summed E-state index contributed by atoms with van der Waals surface area (Å²) in [6.45, 7) is 2.05. The normalized spacial score (nSPS) is 12.7. The van der Waals surface area contributed by atoms with Crippen molar-refractivity contribution in [2.24, 2.45) is 12.8 Å². The van der Waals surface area contributed by atoms with Crippen LogP contribution in [0.1, 0.15) is 29.9 Å². The van der Waals surface area contributed by atoms with Gasteiger partial charge < -0.3 is 5.73 Å². The topological polar surface area (TPSA) is 43.8 Å². The smallest absolute Gasteiger partial charge is 0.129 e. The molecule has 108 valence electrons. The zero-order chi connectivity index (χ0) is 14.9. The van der Waals surface area contributed by atoms with E-state index in [9.17, 15) is 4.39 Å². The molecule has 1 unspecified atom stereocenters. The van der Waals surface area contributed by atoms with Crippen molar-refractivity contribution in [2.45, 2.75) is 25.8 Å². The minimum Gasteiger partial charge on any atom is -0.323 e. The van der Waals surface area contributed by atoms with Crippen molar-refractivity contribution in [1.29, 1.82) is 0 Å². The molecule has 0 spiro atoms. The lowest BCUT2D eigenvalue weighted by Gasteiger charge is -2.15. The lowest BCUT2D eigenvalue weighted by molar-refractivity contribution is 0.566. The van der Waals surface area contributed by atoms with Gasteiger partial charge in [-0.15, -0.1) is 0 Å². The van der Waals surface area contributed by atoms with Crippen molar-refractivity contribution in [3.05, 3.63) is 49.9 Å². The molecule has 1 aromatic heterocycles. The van der Waals surface area contributed by atoms with Gasteiger partial charge >= 0.3 is 0 Å². The van der Waals surface area contributed by atoms with Crippen molar-refractivity contribution in [2.75, 3.05) is 0 Å². The molecule has 0 fully saturated rings. The van der Waals surface area contributed by atoms with E-state index in [1.807, 2.05) is 14.0 Å². The minimum absolute atomic E-state index is 0.291. The molecule has 0 saturated carbocycles. The van der Waals surface area contributed by atoms with E-state index in [2.05, 4.69) is 37.0 Å². The van der Waals surface area contributed by atoms with Crippen LogP contribution in [0.2, 0.25) is 0 Å². The molecule has 3 nitrogen and oxygen atoms in total. The van der Waals surface area contributed by atoms with Crippen molar-refractivity contribution in [3.8, 4) is 0 Å². The van der Waals surface area contributed by atoms with Crippen molar-refractivity contribution in [3.63, 3.8) is 0 Å². The first-order valence-electron chi connectivity index (χ1n) is 6.35. The summed E-state index contributed by atoms with van der Waals surface area (Å²) in [6.07, 6.45) is 1.36. The van der Waals surface area contributed by atoms with Crippen molar-refractivity contribution < 1.29 is 4.39 Å². The van der Waals surface area contributed by atoms with Gasteiger partial charge in [-0.2, -0.15) is 5.10 Å². The third kappa shape index (κ3) is 2.97. The van der Waals surface area contributed by atoms with Gasteiger partial charge in [0.1, 0.15) is 5.82 Å². The zero-order valence-electron chi connectivity index (χ0n) is 11.3. The van der Waals surface area contributed by atoms with E-state index >= 15 is 0 Å². The number of benzene rings is 1. The van der Waals surface area contributed by atoms with E-state index in [0.29, 0.717) is 16.5 Å². The summed E-state index contributed by atoms with van der Waals surface area (Å²) in [5.41, 5.74) is 8.65. The van der Waals surface area contributed by atoms with Gasteiger partial charge in [0.05, 0.1) is 15.9 Å². The fraction of sp³-hybridized carbons (Fsp3) is 0.357. The molecule has 2 N–H and O–H groups in total. The maximum atomic E-state index is 13.9. The quantitative estimate of drug-likeness (QED) is 0.839. The average Bonchev–Trinajstić information content (AvgIpc) is 2.66. The van der Waals surface area contributed by atoms with E-state index in [4.69, 9.17) is 5.73 Å². The molecule has 1 aromatic carbocycles. The number of rotatable bonds is 4. The largest absolute Gasteiger partial charge is 0.323 e. The lowest BCUT2D eigenvalue weighted by Crippen LogP contribution is -2.17. The van der Waals surface area contributed by atoms with Crippen molar-refractivity contribution in [1.82, 2.24) is 9.78 Å². The Balaban J connectivity index is 2.33. The molecule has 0 amide bonds. The van der Waals surface area contributed by atoms with E-state index in [-0.39, 0.29) is 5.82 Å². The Kier molecular flexibility index (Phi) is 4.99. The molecule has 1 heterocycles. The first-order valence-corrected chi connectivity index (χ1v) is 7.94. The molecule has 0 radical (unpaired) electrons. The van der Waals surface area contributed by atoms with Crippen LogP contribution in [0.4, 0.5) is 4.39 Å². The van der Waals surface area contributed by atoms with Gasteiger partial charge in [0.25, 0.3) is 0 Å². The van der Waals surface area contributed by atoms with Gasteiger partial charge in [0.2, 0.25) is 0 Å². The fourth-order valence-electron chi connectivity index (χ4n) is 2.22. The summed E-state index contributed by atoms with van der Waals surface area (Å²) in [4.78, 5) is 0. The van der Waals surface area contributed by atoms with Crippen LogP contribution in [0.25, 0.3) is 0 Å². The molecule has 0 aliphatic rings. The standard InChI is InChI=1S/C14H16Br2FN3/c1-3-11-14(16)12(20(2)19-11)7-10(18)13-8(15)5-4-6-9(13)17/h4-6,10H,3,7,18H2,1-2H3. The van der Waals surface area contributed by atoms with Gasteiger partial charge in [0, 0.05) is 29.5 Å². The van der Waals surface area contributed by atoms with Crippen LogP contribution in [-0.2, 0) is 19.9 Å². The van der Waals surface area contributed by atoms with Crippen molar-refractivity contribution >= 4 is 31.9 Å². The monoisotopic (exact) mass is 403 g/mol. The number of hydrogen-bond donors (Lipinski definition) is 1. The molecule has 0 aliphatic heterocycles. The molecule has 2 aromatic rings. The summed E-state index contributed by atoms with van der Waals surface area (Å²) >= 11 is 6.92. The molecular formula is C14H16Br2FN3. The summed E-state index contributed by atoms with van der Waals surface area (Å²) < 4.78 is 17.4. The maximum Gasteiger partial charge on any atom is 0.129 e. The zero-order valence-corrected chi connectivity index (χ0v) is 14.5. The molecule has 0 saturated heterocycles. The lowest BCUT2D eigenvalue weighted by atomic mass is 10.0. The average molecular weight is 405 g/mol. The second-order valence-corrected chi connectivity index (χ2v) is 6.28. The number of halogens is 3. The van der Waals surface area contributed by atoms with Crippen LogP contribution < -0.4 is 5.73 Å². The van der Waals surface area contributed by atoms with Crippen LogP contribution in [-0.4, -0.2) is 9.78 Å². The molecule has 0 aliphatic carbocycles. The Morgan fingerprint density at radius 3 is 2.65 bits per heavy atom. The number of aromatic nitrogens is 2. The highest BCUT2D eigenvalue weighted by molar-refractivity contribution is 9.10. The van der Waals surface area contributed by atoms with Gasteiger partial charge in [-0.05, 0) is 34.5 Å². The van der Waals surface area contributed by atoms with Crippen LogP contribution in [0.15, 0.2) is 27.1 Å². The Hall–Kier alpha value is -0.720. The summed E-state index contributed by atoms with van der Waals surface area (Å²) in [5, 5.41) is 4.43. The number of hydrogen-bond acceptors (Lipinski definition) is 2. The van der Waals surface area contributed by atoms with Crippen LogP contribution in [0.3, 0.4) is 0 Å². The highest BCUT2D eigenvalue weighted by Crippen LogP contribution is 2.30. The molecule has 0 bridgehead atoms. The first-order chi connectivity index (χ1) is 9.45. The Bertz CT molecular complexity index is 605. The van der Waals surface area contributed by atoms with Gasteiger partial charge in [0.15, 0.2) is 0 Å². The fourth-order valence-corrected chi connectivity index (χ4v) is 3.63. The third-order valence-electron chi connectivity index (χ3n) is 3.29.